The van der Waals surface area contributed by atoms with E-state index in [1.165, 1.54) is 4.68 Å². The molecule has 0 aliphatic heterocycles. The van der Waals surface area contributed by atoms with Crippen LogP contribution in [0.5, 0.6) is 5.75 Å². The number of hydrogen-bond donors (Lipinski definition) is 1. The summed E-state index contributed by atoms with van der Waals surface area (Å²) in [5, 5.41) is 5.44. The largest absolute Gasteiger partial charge is 0.489 e. The number of fused-ring (bicyclic) bond motifs is 1. The van der Waals surface area contributed by atoms with Crippen molar-refractivity contribution in [2.75, 3.05) is 13.2 Å². The molecule has 0 bridgehead atoms. The number of benzene rings is 1. The van der Waals surface area contributed by atoms with Crippen molar-refractivity contribution in [3.8, 4) is 5.75 Å². The molecule has 2 aromatic heterocycles. The standard InChI is InChI=1S/C19H19FN4O2/c20-10-14(11-21)13-26-17-4-5-18-15(9-17)12-23-24(19(18)25)8-6-16-3-1-2-7-22-16/h1-5,7,9-10,12H,6,8,11,13,21H2/b14-10+. The van der Waals surface area contributed by atoms with E-state index < -0.39 is 0 Å². The fourth-order valence-electron chi connectivity index (χ4n) is 2.49. The van der Waals surface area contributed by atoms with Gasteiger partial charge in [0.2, 0.25) is 0 Å². The lowest BCUT2D eigenvalue weighted by Crippen LogP contribution is -2.23. The molecule has 0 fully saturated rings. The monoisotopic (exact) mass is 354 g/mol. The van der Waals surface area contributed by atoms with Crippen molar-refractivity contribution in [3.05, 3.63) is 76.7 Å². The van der Waals surface area contributed by atoms with Crippen LogP contribution in [-0.2, 0) is 13.0 Å². The van der Waals surface area contributed by atoms with Crippen molar-refractivity contribution in [2.24, 2.45) is 5.73 Å². The first-order valence-electron chi connectivity index (χ1n) is 8.22. The molecule has 0 unspecified atom stereocenters. The molecule has 2 heterocycles. The number of halogens is 1. The molecule has 134 valence electrons. The molecule has 0 radical (unpaired) electrons. The second-order valence-corrected chi connectivity index (χ2v) is 5.75. The van der Waals surface area contributed by atoms with E-state index in [9.17, 15) is 9.18 Å². The summed E-state index contributed by atoms with van der Waals surface area (Å²) in [4.78, 5) is 16.8. The van der Waals surface area contributed by atoms with E-state index in [1.807, 2.05) is 18.2 Å². The number of nitrogens with zero attached hydrogens (tertiary/aromatic N) is 3. The van der Waals surface area contributed by atoms with Crippen LogP contribution in [0.25, 0.3) is 10.8 Å². The SMILES string of the molecule is NC/C(=C\F)COc1ccc2c(=O)n(CCc3ccccn3)ncc2c1. The van der Waals surface area contributed by atoms with Gasteiger partial charge in [-0.3, -0.25) is 9.78 Å². The summed E-state index contributed by atoms with van der Waals surface area (Å²) in [7, 11) is 0. The molecule has 3 aromatic rings. The van der Waals surface area contributed by atoms with Gasteiger partial charge >= 0.3 is 0 Å². The molecule has 6 nitrogen and oxygen atoms in total. The molecular weight excluding hydrogens is 335 g/mol. The maximum Gasteiger partial charge on any atom is 0.274 e. The molecule has 0 aliphatic rings. The summed E-state index contributed by atoms with van der Waals surface area (Å²) < 4.78 is 19.5. The number of aryl methyl sites for hydroxylation is 2. The Kier molecular flexibility index (Phi) is 5.70. The van der Waals surface area contributed by atoms with Crippen molar-refractivity contribution in [1.82, 2.24) is 14.8 Å². The summed E-state index contributed by atoms with van der Waals surface area (Å²) in [5.74, 6) is 0.526. The van der Waals surface area contributed by atoms with Gasteiger partial charge in [0.05, 0.1) is 24.5 Å². The van der Waals surface area contributed by atoms with Crippen LogP contribution in [0.3, 0.4) is 0 Å². The highest BCUT2D eigenvalue weighted by atomic mass is 19.1. The van der Waals surface area contributed by atoms with E-state index in [4.69, 9.17) is 10.5 Å². The zero-order chi connectivity index (χ0) is 18.4. The van der Waals surface area contributed by atoms with Crippen molar-refractivity contribution in [2.45, 2.75) is 13.0 Å². The smallest absolute Gasteiger partial charge is 0.274 e. The molecule has 0 amide bonds. The number of aromatic nitrogens is 3. The second kappa shape index (κ2) is 8.35. The average molecular weight is 354 g/mol. The van der Waals surface area contributed by atoms with Gasteiger partial charge in [-0.25, -0.2) is 9.07 Å². The van der Waals surface area contributed by atoms with Gasteiger partial charge in [-0.2, -0.15) is 5.10 Å². The van der Waals surface area contributed by atoms with E-state index in [1.54, 1.807) is 30.6 Å². The highest BCUT2D eigenvalue weighted by molar-refractivity contribution is 5.82. The van der Waals surface area contributed by atoms with E-state index in [2.05, 4.69) is 10.1 Å². The molecule has 0 aliphatic carbocycles. The maximum atomic E-state index is 12.6. The zero-order valence-electron chi connectivity index (χ0n) is 14.1. The number of nitrogens with two attached hydrogens (primary N) is 1. The molecule has 2 N–H and O–H groups in total. The fraction of sp³-hybridized carbons (Fsp3) is 0.211. The van der Waals surface area contributed by atoms with Crippen molar-refractivity contribution >= 4 is 10.8 Å². The van der Waals surface area contributed by atoms with Crippen LogP contribution in [0.2, 0.25) is 0 Å². The fourth-order valence-corrected chi connectivity index (χ4v) is 2.49. The predicted octanol–water partition coefficient (Wildman–Crippen LogP) is 2.23. The van der Waals surface area contributed by atoms with Gasteiger partial charge in [-0.05, 0) is 30.3 Å². The van der Waals surface area contributed by atoms with Crippen LogP contribution in [-0.4, -0.2) is 27.9 Å². The normalized spacial score (nSPS) is 11.7. The lowest BCUT2D eigenvalue weighted by Gasteiger charge is -2.09. The molecule has 7 heteroatoms. The van der Waals surface area contributed by atoms with Gasteiger partial charge < -0.3 is 10.5 Å². The topological polar surface area (TPSA) is 83.0 Å². The Morgan fingerprint density at radius 3 is 2.92 bits per heavy atom. The Labute approximate surface area is 149 Å². The maximum absolute atomic E-state index is 12.6. The first-order chi connectivity index (χ1) is 12.7. The third kappa shape index (κ3) is 4.12. The van der Waals surface area contributed by atoms with E-state index >= 15 is 0 Å². The summed E-state index contributed by atoms with van der Waals surface area (Å²) in [6, 6.07) is 10.8. The number of rotatable bonds is 7. The minimum Gasteiger partial charge on any atom is -0.489 e. The highest BCUT2D eigenvalue weighted by Gasteiger charge is 2.07. The van der Waals surface area contributed by atoms with Gasteiger partial charge in [-0.15, -0.1) is 0 Å². The Balaban J connectivity index is 1.77. The number of pyridine rings is 1. The van der Waals surface area contributed by atoms with Gasteiger partial charge in [0.15, 0.2) is 0 Å². The summed E-state index contributed by atoms with van der Waals surface area (Å²) in [6.45, 7) is 0.602. The van der Waals surface area contributed by atoms with Gasteiger partial charge in [0, 0.05) is 35.8 Å². The van der Waals surface area contributed by atoms with Gasteiger partial charge in [0.25, 0.3) is 5.56 Å². The minimum atomic E-state index is -0.170. The van der Waals surface area contributed by atoms with Crippen LogP contribution in [0.1, 0.15) is 5.69 Å². The molecule has 0 saturated heterocycles. The molecule has 3 rings (SSSR count). The average Bonchev–Trinajstić information content (AvgIpc) is 2.69. The molecule has 0 saturated carbocycles. The lowest BCUT2D eigenvalue weighted by atomic mass is 10.2. The Morgan fingerprint density at radius 1 is 1.31 bits per heavy atom. The third-order valence-corrected chi connectivity index (χ3v) is 3.97. The zero-order valence-corrected chi connectivity index (χ0v) is 14.1. The van der Waals surface area contributed by atoms with Crippen LogP contribution in [0.4, 0.5) is 4.39 Å². The van der Waals surface area contributed by atoms with Gasteiger partial charge in [-0.1, -0.05) is 6.07 Å². The van der Waals surface area contributed by atoms with Crippen molar-refractivity contribution < 1.29 is 9.13 Å². The summed E-state index contributed by atoms with van der Waals surface area (Å²) in [6.07, 6.45) is 4.42. The van der Waals surface area contributed by atoms with Crippen LogP contribution in [0.15, 0.2) is 65.5 Å². The second-order valence-electron chi connectivity index (χ2n) is 5.75. The summed E-state index contributed by atoms with van der Waals surface area (Å²) >= 11 is 0. The lowest BCUT2D eigenvalue weighted by molar-refractivity contribution is 0.348. The Morgan fingerprint density at radius 2 is 2.19 bits per heavy atom. The van der Waals surface area contributed by atoms with E-state index in [-0.39, 0.29) is 18.7 Å². The highest BCUT2D eigenvalue weighted by Crippen LogP contribution is 2.18. The number of ether oxygens (including phenoxy) is 1. The van der Waals surface area contributed by atoms with Crippen LogP contribution in [0, 0.1) is 0 Å². The Bertz CT molecular complexity index is 970. The molecular formula is C19H19FN4O2. The number of hydrogen-bond acceptors (Lipinski definition) is 5. The van der Waals surface area contributed by atoms with Gasteiger partial charge in [0.1, 0.15) is 12.4 Å². The first kappa shape index (κ1) is 17.8. The van der Waals surface area contributed by atoms with E-state index in [0.717, 1.165) is 5.69 Å². The molecule has 0 atom stereocenters. The van der Waals surface area contributed by atoms with Crippen molar-refractivity contribution in [3.63, 3.8) is 0 Å². The molecule has 26 heavy (non-hydrogen) atoms. The summed E-state index contributed by atoms with van der Waals surface area (Å²) in [5.41, 5.74) is 6.49. The van der Waals surface area contributed by atoms with Crippen molar-refractivity contribution in [1.29, 1.82) is 0 Å². The van der Waals surface area contributed by atoms with Crippen LogP contribution >= 0.6 is 0 Å². The van der Waals surface area contributed by atoms with Crippen LogP contribution < -0.4 is 16.0 Å². The molecule has 0 spiro atoms. The van der Waals surface area contributed by atoms with E-state index in [0.29, 0.717) is 41.4 Å². The predicted molar refractivity (Wildman–Crippen MR) is 97.7 cm³/mol. The third-order valence-electron chi connectivity index (χ3n) is 3.97. The minimum absolute atomic E-state index is 0.0626. The molecule has 1 aromatic carbocycles. The quantitative estimate of drug-likeness (QED) is 0.703. The first-order valence-corrected chi connectivity index (χ1v) is 8.22. The Hall–Kier alpha value is -3.06.